The summed E-state index contributed by atoms with van der Waals surface area (Å²) in [4.78, 5) is 22.2. The maximum absolute atomic E-state index is 12.2. The van der Waals surface area contributed by atoms with E-state index in [1.807, 2.05) is 0 Å². The van der Waals surface area contributed by atoms with E-state index in [1.165, 1.54) is 13.8 Å². The minimum Gasteiger partial charge on any atom is -0.293 e. The molecule has 3 N–H and O–H groups in total. The molecule has 0 amide bonds. The summed E-state index contributed by atoms with van der Waals surface area (Å²) in [6.07, 6.45) is 0. The Kier molecular flexibility index (Phi) is 4.26. The highest BCUT2D eigenvalue weighted by Crippen LogP contribution is 2.23. The van der Waals surface area contributed by atoms with Gasteiger partial charge in [-0.2, -0.15) is 16.8 Å². The zero-order valence-electron chi connectivity index (χ0n) is 12.3. The first-order valence-electron chi connectivity index (χ1n) is 6.26. The predicted octanol–water partition coefficient (Wildman–Crippen LogP) is 0.170. The van der Waals surface area contributed by atoms with Crippen molar-refractivity contribution in [3.63, 3.8) is 0 Å². The lowest BCUT2D eigenvalue weighted by molar-refractivity contribution is 0.101. The molecule has 24 heavy (non-hydrogen) atoms. The Balaban J connectivity index is 2.94. The van der Waals surface area contributed by atoms with Gasteiger partial charge in [0, 0.05) is 12.5 Å². The largest absolute Gasteiger partial charge is 0.296 e. The Labute approximate surface area is 136 Å². The number of rotatable bonds is 4. The Morgan fingerprint density at radius 3 is 2.12 bits per heavy atom. The average molecular weight is 376 g/mol. The first kappa shape index (κ1) is 18.1. The van der Waals surface area contributed by atoms with Crippen LogP contribution in [0.25, 0.3) is 5.69 Å². The van der Waals surface area contributed by atoms with Crippen molar-refractivity contribution >= 4 is 26.0 Å². The van der Waals surface area contributed by atoms with E-state index in [0.29, 0.717) is 16.8 Å². The number of nitrogens with one attached hydrogen (secondary N) is 1. The summed E-state index contributed by atoms with van der Waals surface area (Å²) in [6, 6.07) is 2.14. The van der Waals surface area contributed by atoms with Crippen molar-refractivity contribution in [2.75, 3.05) is 0 Å². The van der Waals surface area contributed by atoms with E-state index in [0.717, 1.165) is 6.07 Å². The summed E-state index contributed by atoms with van der Waals surface area (Å²) in [5.74, 6) is -0.511. The summed E-state index contributed by atoms with van der Waals surface area (Å²) in [5, 5.41) is 2.36. The van der Waals surface area contributed by atoms with Crippen LogP contribution in [0.3, 0.4) is 0 Å². The zero-order valence-corrected chi connectivity index (χ0v) is 14.0. The highest BCUT2D eigenvalue weighted by molar-refractivity contribution is 7.86. The number of carbonyl (C=O) groups is 1. The molecule has 2 aromatic rings. The van der Waals surface area contributed by atoms with Crippen LogP contribution in [-0.2, 0) is 20.2 Å². The van der Waals surface area contributed by atoms with Crippen molar-refractivity contribution in [1.82, 2.24) is 9.78 Å². The molecule has 0 aliphatic carbocycles. The molecule has 0 aliphatic heterocycles. The Morgan fingerprint density at radius 1 is 1.12 bits per heavy atom. The molecule has 0 bridgehead atoms. The quantitative estimate of drug-likeness (QED) is 0.502. The molecule has 2 rings (SSSR count). The van der Waals surface area contributed by atoms with Gasteiger partial charge in [-0.25, -0.2) is 4.68 Å². The monoisotopic (exact) mass is 376 g/mol. The van der Waals surface area contributed by atoms with Gasteiger partial charge in [0.2, 0.25) is 0 Å². The smallest absolute Gasteiger partial charge is 0.293 e. The van der Waals surface area contributed by atoms with Gasteiger partial charge in [-0.1, -0.05) is 0 Å². The van der Waals surface area contributed by atoms with E-state index in [-0.39, 0.29) is 11.3 Å². The number of ketones is 1. The van der Waals surface area contributed by atoms with Gasteiger partial charge in [0.15, 0.2) is 5.78 Å². The topological polar surface area (TPSA) is 164 Å². The molecule has 0 saturated heterocycles. The first-order valence-corrected chi connectivity index (χ1v) is 9.14. The zero-order chi connectivity index (χ0) is 18.4. The molecule has 12 heteroatoms. The standard InChI is InChI=1S/C12H12N2O8S2/c1-6-11(7(2)15)13-14(12(6)16)9-5-8(23(17,18)19)3-4-10(9)24(20,21)22/h3-5,13H,1-2H3,(H,17,18,19)(H,20,21,22). The van der Waals surface area contributed by atoms with Crippen molar-refractivity contribution in [2.45, 2.75) is 23.6 Å². The first-order chi connectivity index (χ1) is 10.8. The van der Waals surface area contributed by atoms with E-state index < -0.39 is 47.1 Å². The number of carbonyl (C=O) groups excluding carboxylic acids is 1. The fourth-order valence-corrected chi connectivity index (χ4v) is 3.24. The molecule has 1 aromatic heterocycles. The lowest BCUT2D eigenvalue weighted by Gasteiger charge is -2.09. The van der Waals surface area contributed by atoms with Gasteiger partial charge in [-0.15, -0.1) is 0 Å². The third-order valence-electron chi connectivity index (χ3n) is 3.22. The van der Waals surface area contributed by atoms with E-state index >= 15 is 0 Å². The van der Waals surface area contributed by atoms with Gasteiger partial charge in [0.1, 0.15) is 10.6 Å². The second-order valence-corrected chi connectivity index (χ2v) is 7.70. The highest BCUT2D eigenvalue weighted by atomic mass is 32.2. The average Bonchev–Trinajstić information content (AvgIpc) is 2.73. The summed E-state index contributed by atoms with van der Waals surface area (Å²) in [5.41, 5.74) is -1.52. The lowest BCUT2D eigenvalue weighted by Crippen LogP contribution is -2.19. The fraction of sp³-hybridized carbons (Fsp3) is 0.167. The van der Waals surface area contributed by atoms with Crippen molar-refractivity contribution in [3.8, 4) is 5.69 Å². The molecule has 0 aliphatic rings. The van der Waals surface area contributed by atoms with Crippen LogP contribution >= 0.6 is 0 Å². The van der Waals surface area contributed by atoms with Crippen LogP contribution in [-0.4, -0.2) is 41.5 Å². The summed E-state index contributed by atoms with van der Waals surface area (Å²) >= 11 is 0. The number of aromatic amines is 1. The van der Waals surface area contributed by atoms with Crippen LogP contribution in [0.15, 0.2) is 32.8 Å². The normalized spacial score (nSPS) is 12.3. The Hall–Kier alpha value is -2.28. The van der Waals surface area contributed by atoms with Crippen LogP contribution in [0.4, 0.5) is 0 Å². The summed E-state index contributed by atoms with van der Waals surface area (Å²) in [6.45, 7) is 2.48. The fourth-order valence-electron chi connectivity index (χ4n) is 2.08. The van der Waals surface area contributed by atoms with Gasteiger partial charge in [0.25, 0.3) is 25.8 Å². The number of hydrogen-bond donors (Lipinski definition) is 3. The lowest BCUT2D eigenvalue weighted by atomic mass is 10.2. The van der Waals surface area contributed by atoms with Gasteiger partial charge in [0.05, 0.1) is 10.6 Å². The molecule has 0 saturated carbocycles. The second kappa shape index (κ2) is 5.66. The number of Topliss-reactive ketones (excluding diaryl/α,β-unsaturated/α-hetero) is 1. The van der Waals surface area contributed by atoms with Crippen molar-refractivity contribution < 1.29 is 30.7 Å². The molecular weight excluding hydrogens is 364 g/mol. The molecule has 10 nitrogen and oxygen atoms in total. The second-order valence-electron chi connectivity index (χ2n) is 4.89. The van der Waals surface area contributed by atoms with Gasteiger partial charge >= 0.3 is 0 Å². The molecule has 0 spiro atoms. The van der Waals surface area contributed by atoms with Gasteiger partial charge in [-0.05, 0) is 25.1 Å². The maximum atomic E-state index is 12.2. The molecular formula is C12H12N2O8S2. The van der Waals surface area contributed by atoms with E-state index in [1.54, 1.807) is 0 Å². The Bertz CT molecular complexity index is 1110. The molecule has 0 unspecified atom stereocenters. The molecule has 1 heterocycles. The van der Waals surface area contributed by atoms with E-state index in [4.69, 9.17) is 4.55 Å². The number of hydrogen-bond acceptors (Lipinski definition) is 6. The molecule has 130 valence electrons. The third-order valence-corrected chi connectivity index (χ3v) is 4.97. The number of H-pyrrole nitrogens is 1. The molecule has 0 radical (unpaired) electrons. The van der Waals surface area contributed by atoms with Crippen LogP contribution < -0.4 is 5.56 Å². The molecule has 0 atom stereocenters. The van der Waals surface area contributed by atoms with Crippen molar-refractivity contribution in [3.05, 3.63) is 39.8 Å². The van der Waals surface area contributed by atoms with Crippen LogP contribution in [0.1, 0.15) is 23.0 Å². The van der Waals surface area contributed by atoms with Crippen molar-refractivity contribution in [2.24, 2.45) is 0 Å². The number of nitrogens with zero attached hydrogens (tertiary/aromatic N) is 1. The summed E-state index contributed by atoms with van der Waals surface area (Å²) in [7, 11) is -9.53. The molecule has 0 fully saturated rings. The third kappa shape index (κ3) is 3.17. The SMILES string of the molecule is CC(=O)c1[nH]n(-c2cc(S(=O)(=O)O)ccc2S(=O)(=O)O)c(=O)c1C. The minimum absolute atomic E-state index is 0.0268. The Morgan fingerprint density at radius 2 is 1.71 bits per heavy atom. The van der Waals surface area contributed by atoms with E-state index in [2.05, 4.69) is 5.10 Å². The van der Waals surface area contributed by atoms with Gasteiger partial charge in [-0.3, -0.25) is 23.8 Å². The molecule has 1 aromatic carbocycles. The van der Waals surface area contributed by atoms with Crippen LogP contribution in [0, 0.1) is 6.92 Å². The summed E-state index contributed by atoms with van der Waals surface area (Å²) < 4.78 is 64.4. The number of benzene rings is 1. The predicted molar refractivity (Wildman–Crippen MR) is 80.8 cm³/mol. The highest BCUT2D eigenvalue weighted by Gasteiger charge is 2.24. The maximum Gasteiger partial charge on any atom is 0.296 e. The van der Waals surface area contributed by atoms with Crippen LogP contribution in [0.2, 0.25) is 0 Å². The minimum atomic E-state index is -4.83. The van der Waals surface area contributed by atoms with E-state index in [9.17, 15) is 31.0 Å². The van der Waals surface area contributed by atoms with Crippen molar-refractivity contribution in [1.29, 1.82) is 0 Å². The van der Waals surface area contributed by atoms with Gasteiger partial charge < -0.3 is 0 Å². The van der Waals surface area contributed by atoms with Crippen LogP contribution in [0.5, 0.6) is 0 Å². The number of aromatic nitrogens is 2.